The van der Waals surface area contributed by atoms with E-state index in [1.54, 1.807) is 6.07 Å². The van der Waals surface area contributed by atoms with Gasteiger partial charge in [0, 0.05) is 6.07 Å². The summed E-state index contributed by atoms with van der Waals surface area (Å²) in [5.74, 6) is 1.08. The Bertz CT molecular complexity index is 733. The molecule has 20 heavy (non-hydrogen) atoms. The van der Waals surface area contributed by atoms with Crippen LogP contribution in [0.4, 0.5) is 5.00 Å². The zero-order valence-electron chi connectivity index (χ0n) is 10.7. The number of nitrogen functional groups attached to an aromatic ring is 1. The lowest BCUT2D eigenvalue weighted by Gasteiger charge is -1.97. The molecule has 102 valence electrons. The molecule has 3 aromatic heterocycles. The first-order valence-corrected chi connectivity index (χ1v) is 6.38. The Balaban J connectivity index is 2.02. The fourth-order valence-electron chi connectivity index (χ4n) is 1.65. The molecule has 9 heteroatoms. The van der Waals surface area contributed by atoms with Crippen LogP contribution in [0.25, 0.3) is 23.0 Å². The summed E-state index contributed by atoms with van der Waals surface area (Å²) in [4.78, 5) is 12.3. The summed E-state index contributed by atoms with van der Waals surface area (Å²) in [5.41, 5.74) is 7.77. The number of anilines is 1. The Hall–Kier alpha value is -2.55. The van der Waals surface area contributed by atoms with Gasteiger partial charge in [0.1, 0.15) is 17.0 Å². The fourth-order valence-corrected chi connectivity index (χ4v) is 2.30. The highest BCUT2D eigenvalue weighted by atomic mass is 32.1. The van der Waals surface area contributed by atoms with Gasteiger partial charge in [-0.1, -0.05) is 5.16 Å². The van der Waals surface area contributed by atoms with Gasteiger partial charge in [-0.3, -0.25) is 0 Å². The van der Waals surface area contributed by atoms with Crippen molar-refractivity contribution in [2.75, 3.05) is 12.8 Å². The molecule has 0 amide bonds. The molecular weight excluding hydrogens is 280 g/mol. The van der Waals surface area contributed by atoms with Crippen LogP contribution in [0.3, 0.4) is 0 Å². The lowest BCUT2D eigenvalue weighted by atomic mass is 10.2. The first-order chi connectivity index (χ1) is 9.69. The maximum Gasteiger partial charge on any atom is 0.263 e. The monoisotopic (exact) mass is 290 g/mol. The average molecular weight is 290 g/mol. The van der Waals surface area contributed by atoms with E-state index in [9.17, 15) is 0 Å². The van der Waals surface area contributed by atoms with E-state index in [1.165, 1.54) is 25.0 Å². The molecule has 3 aromatic rings. The molecule has 0 atom stereocenters. The topological polar surface area (TPSA) is 113 Å². The van der Waals surface area contributed by atoms with E-state index in [0.29, 0.717) is 33.9 Å². The second-order valence-electron chi connectivity index (χ2n) is 3.88. The predicted molar refractivity (Wildman–Crippen MR) is 72.1 cm³/mol. The highest BCUT2D eigenvalue weighted by molar-refractivity contribution is 7.10. The van der Waals surface area contributed by atoms with E-state index in [2.05, 4.69) is 24.5 Å². The summed E-state index contributed by atoms with van der Waals surface area (Å²) >= 11 is 1.19. The molecule has 3 heterocycles. The van der Waals surface area contributed by atoms with Crippen LogP contribution in [0, 0.1) is 6.92 Å². The number of aromatic nitrogens is 5. The lowest BCUT2D eigenvalue weighted by Crippen LogP contribution is -1.92. The molecular formula is C11H10N6O2S. The van der Waals surface area contributed by atoms with Crippen LogP contribution in [0.2, 0.25) is 0 Å². The van der Waals surface area contributed by atoms with Crippen molar-refractivity contribution in [1.29, 1.82) is 0 Å². The van der Waals surface area contributed by atoms with Crippen molar-refractivity contribution in [3.05, 3.63) is 18.1 Å². The Morgan fingerprint density at radius 2 is 2.20 bits per heavy atom. The van der Waals surface area contributed by atoms with Gasteiger partial charge in [0.05, 0.1) is 18.4 Å². The zero-order valence-corrected chi connectivity index (χ0v) is 11.5. The quantitative estimate of drug-likeness (QED) is 0.773. The molecule has 0 bridgehead atoms. The van der Waals surface area contributed by atoms with Gasteiger partial charge in [-0.2, -0.15) is 9.36 Å². The van der Waals surface area contributed by atoms with E-state index in [0.717, 1.165) is 5.69 Å². The summed E-state index contributed by atoms with van der Waals surface area (Å²) in [6.07, 6.45) is 1.37. The highest BCUT2D eigenvalue weighted by Crippen LogP contribution is 2.32. The van der Waals surface area contributed by atoms with Gasteiger partial charge in [0.2, 0.25) is 11.7 Å². The normalized spacial score (nSPS) is 10.7. The van der Waals surface area contributed by atoms with Crippen molar-refractivity contribution in [3.63, 3.8) is 0 Å². The third-order valence-corrected chi connectivity index (χ3v) is 3.38. The van der Waals surface area contributed by atoms with E-state index in [-0.39, 0.29) is 0 Å². The highest BCUT2D eigenvalue weighted by Gasteiger charge is 2.18. The second kappa shape index (κ2) is 4.85. The van der Waals surface area contributed by atoms with Crippen LogP contribution in [0.5, 0.6) is 5.88 Å². The molecule has 0 fully saturated rings. The molecule has 2 N–H and O–H groups in total. The fraction of sp³-hybridized carbons (Fsp3) is 0.182. The Labute approximate surface area is 117 Å². The molecule has 0 aliphatic heterocycles. The van der Waals surface area contributed by atoms with Crippen molar-refractivity contribution in [2.45, 2.75) is 6.92 Å². The van der Waals surface area contributed by atoms with Crippen molar-refractivity contribution in [2.24, 2.45) is 0 Å². The average Bonchev–Trinajstić information content (AvgIpc) is 3.06. The van der Waals surface area contributed by atoms with Crippen LogP contribution in [0.1, 0.15) is 5.69 Å². The molecule has 0 saturated carbocycles. The number of hydrogen-bond donors (Lipinski definition) is 1. The van der Waals surface area contributed by atoms with Gasteiger partial charge >= 0.3 is 0 Å². The summed E-state index contributed by atoms with van der Waals surface area (Å²) in [5, 5.41) is 4.43. The van der Waals surface area contributed by atoms with Gasteiger partial charge in [0.15, 0.2) is 0 Å². The number of ether oxygens (including phenoxy) is 1. The summed E-state index contributed by atoms with van der Waals surface area (Å²) in [6.45, 7) is 1.83. The number of nitrogens with zero attached hydrogens (tertiary/aromatic N) is 5. The van der Waals surface area contributed by atoms with Crippen molar-refractivity contribution < 1.29 is 9.26 Å². The van der Waals surface area contributed by atoms with Gasteiger partial charge in [-0.25, -0.2) is 9.97 Å². The molecule has 3 rings (SSSR count). The minimum absolute atomic E-state index is 0.321. The maximum absolute atomic E-state index is 5.85. The van der Waals surface area contributed by atoms with Gasteiger partial charge < -0.3 is 15.0 Å². The zero-order chi connectivity index (χ0) is 14.1. The third kappa shape index (κ3) is 2.07. The van der Waals surface area contributed by atoms with Gasteiger partial charge in [0.25, 0.3) is 5.89 Å². The van der Waals surface area contributed by atoms with Crippen LogP contribution < -0.4 is 10.5 Å². The van der Waals surface area contributed by atoms with Gasteiger partial charge in [-0.15, -0.1) is 0 Å². The van der Waals surface area contributed by atoms with Gasteiger partial charge in [-0.05, 0) is 18.5 Å². The summed E-state index contributed by atoms with van der Waals surface area (Å²) in [6, 6.07) is 1.62. The molecule has 0 aliphatic carbocycles. The minimum atomic E-state index is 0.321. The molecule has 0 spiro atoms. The first-order valence-electron chi connectivity index (χ1n) is 5.61. The van der Waals surface area contributed by atoms with Crippen LogP contribution in [-0.4, -0.2) is 31.6 Å². The Morgan fingerprint density at radius 3 is 2.90 bits per heavy atom. The largest absolute Gasteiger partial charge is 0.481 e. The standard InChI is InChI=1S/C11H10N6O2S/c1-5-8(9(12)20-17-5)11-15-10(16-19-11)6-3-7(18-2)14-4-13-6/h3-4H,12H2,1-2H3. The van der Waals surface area contributed by atoms with Crippen LogP contribution in [0.15, 0.2) is 16.9 Å². The second-order valence-corrected chi connectivity index (χ2v) is 4.68. The molecule has 0 unspecified atom stereocenters. The number of hydrogen-bond acceptors (Lipinski definition) is 9. The lowest BCUT2D eigenvalue weighted by molar-refractivity contribution is 0.397. The van der Waals surface area contributed by atoms with E-state index >= 15 is 0 Å². The summed E-state index contributed by atoms with van der Waals surface area (Å²) in [7, 11) is 1.52. The van der Waals surface area contributed by atoms with E-state index in [4.69, 9.17) is 15.0 Å². The number of methoxy groups -OCH3 is 1. The molecule has 8 nitrogen and oxygen atoms in total. The number of nitrogens with two attached hydrogens (primary N) is 1. The Kier molecular flexibility index (Phi) is 3.03. The van der Waals surface area contributed by atoms with Crippen molar-refractivity contribution in [3.8, 4) is 28.9 Å². The number of aryl methyl sites for hydroxylation is 1. The van der Waals surface area contributed by atoms with Crippen LogP contribution in [-0.2, 0) is 0 Å². The SMILES string of the molecule is COc1cc(-c2noc(-c3c(C)nsc3N)n2)ncn1. The summed E-state index contributed by atoms with van der Waals surface area (Å²) < 4.78 is 14.4. The minimum Gasteiger partial charge on any atom is -0.481 e. The van der Waals surface area contributed by atoms with Crippen molar-refractivity contribution in [1.82, 2.24) is 24.5 Å². The van der Waals surface area contributed by atoms with E-state index < -0.39 is 0 Å². The predicted octanol–water partition coefficient (Wildman–Crippen LogP) is 1.55. The first kappa shape index (κ1) is 12.5. The molecule has 0 aromatic carbocycles. The van der Waals surface area contributed by atoms with E-state index in [1.807, 2.05) is 6.92 Å². The molecule has 0 aliphatic rings. The smallest absolute Gasteiger partial charge is 0.263 e. The Morgan fingerprint density at radius 1 is 1.35 bits per heavy atom. The molecule has 0 radical (unpaired) electrons. The van der Waals surface area contributed by atoms with Crippen molar-refractivity contribution >= 4 is 16.5 Å². The third-order valence-electron chi connectivity index (χ3n) is 2.61. The maximum atomic E-state index is 5.85. The van der Waals surface area contributed by atoms with Crippen LogP contribution >= 0.6 is 11.5 Å². The number of rotatable bonds is 3. The molecule has 0 saturated heterocycles.